The van der Waals surface area contributed by atoms with Crippen molar-refractivity contribution >= 4 is 39.1 Å². The second-order valence-corrected chi connectivity index (χ2v) is 11.5. The fourth-order valence-corrected chi connectivity index (χ4v) is 5.55. The van der Waals surface area contributed by atoms with Gasteiger partial charge in [0.25, 0.3) is 10.0 Å². The molecule has 1 aromatic carbocycles. The molecule has 0 saturated heterocycles. The quantitative estimate of drug-likeness (QED) is 0.273. The Labute approximate surface area is 235 Å². The van der Waals surface area contributed by atoms with Crippen LogP contribution in [0.4, 0.5) is 29.3 Å². The number of sulfonamides is 1. The van der Waals surface area contributed by atoms with Gasteiger partial charge in [-0.05, 0) is 52.4 Å². The molecule has 2 aromatic rings. The zero-order valence-electron chi connectivity index (χ0n) is 22.3. The molecule has 40 heavy (non-hydrogen) atoms. The molecule has 1 aliphatic rings. The van der Waals surface area contributed by atoms with Crippen LogP contribution in [-0.2, 0) is 26.0 Å². The number of allylic oxidation sites excluding steroid dienone is 1. The van der Waals surface area contributed by atoms with Crippen LogP contribution in [0.15, 0.2) is 41.6 Å². The third-order valence-electron chi connectivity index (χ3n) is 5.91. The van der Waals surface area contributed by atoms with Gasteiger partial charge in [-0.15, -0.1) is 0 Å². The molecule has 2 heterocycles. The van der Waals surface area contributed by atoms with Gasteiger partial charge in [0.2, 0.25) is 5.60 Å². The molecule has 3 rings (SSSR count). The van der Waals surface area contributed by atoms with Crippen LogP contribution in [0.3, 0.4) is 0 Å². The maximum absolute atomic E-state index is 13.8. The lowest BCUT2D eigenvalue weighted by Gasteiger charge is -2.35. The first kappa shape index (κ1) is 31.4. The number of aromatic nitrogens is 2. The molecular formula is C24H31ClF3N5O6S. The zero-order chi connectivity index (χ0) is 29.9. The van der Waals surface area contributed by atoms with Gasteiger partial charge in [-0.3, -0.25) is 19.6 Å². The summed E-state index contributed by atoms with van der Waals surface area (Å²) in [6, 6.07) is 4.01. The van der Waals surface area contributed by atoms with Crippen molar-refractivity contribution in [1.29, 1.82) is 0 Å². The lowest BCUT2D eigenvalue weighted by molar-refractivity contribution is -0.242. The number of carbonyl (C=O) groups is 1. The summed E-state index contributed by atoms with van der Waals surface area (Å²) in [6.45, 7) is 7.51. The summed E-state index contributed by atoms with van der Waals surface area (Å²) < 4.78 is 85.5. The van der Waals surface area contributed by atoms with Crippen molar-refractivity contribution in [1.82, 2.24) is 15.1 Å². The second kappa shape index (κ2) is 12.1. The Morgan fingerprint density at radius 3 is 2.62 bits per heavy atom. The van der Waals surface area contributed by atoms with Gasteiger partial charge in [-0.2, -0.15) is 18.3 Å². The van der Waals surface area contributed by atoms with E-state index in [1.54, 1.807) is 14.0 Å². The minimum Gasteiger partial charge on any atom is -0.486 e. The monoisotopic (exact) mass is 609 g/mol. The molecule has 1 atom stereocenters. The molecule has 0 radical (unpaired) electrons. The number of aryl methyl sites for hydroxylation is 1. The topological polar surface area (TPSA) is 124 Å². The summed E-state index contributed by atoms with van der Waals surface area (Å²) in [6.07, 6.45) is -4.76. The van der Waals surface area contributed by atoms with Gasteiger partial charge in [0.05, 0.1) is 18.0 Å². The summed E-state index contributed by atoms with van der Waals surface area (Å²) in [7, 11) is -2.58. The maximum atomic E-state index is 13.8. The number of benzene rings is 1. The predicted octanol–water partition coefficient (Wildman–Crippen LogP) is 4.89. The number of hydrogen-bond acceptors (Lipinski definition) is 8. The summed E-state index contributed by atoms with van der Waals surface area (Å²) in [5, 5.41) is 8.82. The number of amides is 1. The van der Waals surface area contributed by atoms with Gasteiger partial charge in [0, 0.05) is 24.8 Å². The van der Waals surface area contributed by atoms with Crippen LogP contribution < -0.4 is 19.7 Å². The van der Waals surface area contributed by atoms with Gasteiger partial charge in [0.1, 0.15) is 23.5 Å². The fourth-order valence-electron chi connectivity index (χ4n) is 3.60. The highest BCUT2D eigenvalue weighted by molar-refractivity contribution is 7.93. The van der Waals surface area contributed by atoms with Crippen molar-refractivity contribution in [3.05, 3.63) is 41.9 Å². The third-order valence-corrected chi connectivity index (χ3v) is 8.08. The molecule has 1 aliphatic heterocycles. The fraction of sp³-hybridized carbons (Fsp3) is 0.500. The van der Waals surface area contributed by atoms with Crippen molar-refractivity contribution in [3.8, 4) is 5.75 Å². The smallest absolute Gasteiger partial charge is 0.427 e. The summed E-state index contributed by atoms with van der Waals surface area (Å²) in [4.78, 5) is 12.0. The molecule has 0 unspecified atom stereocenters. The molecule has 0 aliphatic carbocycles. The minimum atomic E-state index is -4.81. The molecule has 1 amide bonds. The first-order chi connectivity index (χ1) is 18.6. The highest BCUT2D eigenvalue weighted by Crippen LogP contribution is 2.41. The summed E-state index contributed by atoms with van der Waals surface area (Å²) in [5.41, 5.74) is -2.74. The first-order valence-corrected chi connectivity index (χ1v) is 14.0. The summed E-state index contributed by atoms with van der Waals surface area (Å²) >= 11 is 6.17. The largest absolute Gasteiger partial charge is 0.486 e. The number of carbonyl (C=O) groups excluding carboxylic acids is 1. The number of halogens is 4. The van der Waals surface area contributed by atoms with E-state index >= 15 is 0 Å². The van der Waals surface area contributed by atoms with Crippen molar-refractivity contribution in [2.45, 2.75) is 62.9 Å². The van der Waals surface area contributed by atoms with Crippen LogP contribution in [0, 0.1) is 0 Å². The summed E-state index contributed by atoms with van der Waals surface area (Å²) in [5.74, 6) is 0.639. The van der Waals surface area contributed by atoms with Gasteiger partial charge in [-0.25, -0.2) is 13.2 Å². The number of anilines is 2. The Bertz CT molecular complexity index is 1350. The van der Waals surface area contributed by atoms with E-state index in [2.05, 4.69) is 27.0 Å². The Kier molecular flexibility index (Phi) is 9.52. The first-order valence-electron chi connectivity index (χ1n) is 12.2. The van der Waals surface area contributed by atoms with E-state index in [1.807, 2.05) is 0 Å². The van der Waals surface area contributed by atoms with E-state index in [0.717, 1.165) is 4.31 Å². The number of fused-ring (bicyclic) bond motifs is 1. The Hall–Kier alpha value is -3.17. The second-order valence-electron chi connectivity index (χ2n) is 9.34. The molecule has 2 N–H and O–H groups in total. The molecule has 0 fully saturated rings. The Morgan fingerprint density at radius 2 is 2.02 bits per heavy atom. The van der Waals surface area contributed by atoms with E-state index in [0.29, 0.717) is 39.0 Å². The van der Waals surface area contributed by atoms with Gasteiger partial charge < -0.3 is 14.2 Å². The van der Waals surface area contributed by atoms with Gasteiger partial charge >= 0.3 is 12.3 Å². The van der Waals surface area contributed by atoms with Crippen LogP contribution in [-0.4, -0.2) is 62.5 Å². The highest BCUT2D eigenvalue weighted by atomic mass is 35.5. The van der Waals surface area contributed by atoms with E-state index in [-0.39, 0.29) is 40.4 Å². The van der Waals surface area contributed by atoms with Crippen LogP contribution in [0.25, 0.3) is 0 Å². The number of hydrogen-bond donors (Lipinski definition) is 2. The SMILES string of the molecule is C=C(CC[C@H]1CN(S(=O)(=O)c2cn(CC)nc2Cl)c2cc(NC(=O)OC(C)(C)C(F)(F)F)ccc2O1)OCNC. The van der Waals surface area contributed by atoms with Crippen molar-refractivity contribution < 1.29 is 40.6 Å². The van der Waals surface area contributed by atoms with Crippen LogP contribution in [0.1, 0.15) is 33.6 Å². The molecule has 11 nitrogen and oxygen atoms in total. The molecule has 0 bridgehead atoms. The molecular weight excluding hydrogens is 579 g/mol. The van der Waals surface area contributed by atoms with Gasteiger partial charge in [-0.1, -0.05) is 18.2 Å². The molecule has 222 valence electrons. The van der Waals surface area contributed by atoms with E-state index in [1.165, 1.54) is 29.1 Å². The van der Waals surface area contributed by atoms with E-state index in [9.17, 15) is 26.4 Å². The molecule has 0 spiro atoms. The van der Waals surface area contributed by atoms with E-state index < -0.39 is 34.0 Å². The van der Waals surface area contributed by atoms with E-state index in [4.69, 9.17) is 21.1 Å². The third kappa shape index (κ3) is 7.12. The lowest BCUT2D eigenvalue weighted by atomic mass is 10.1. The zero-order valence-corrected chi connectivity index (χ0v) is 23.9. The van der Waals surface area contributed by atoms with Crippen molar-refractivity contribution in [2.75, 3.05) is 29.9 Å². The number of rotatable bonds is 11. The average Bonchev–Trinajstić information content (AvgIpc) is 3.26. The average molecular weight is 610 g/mol. The van der Waals surface area contributed by atoms with Crippen LogP contribution >= 0.6 is 11.6 Å². The molecule has 16 heteroatoms. The standard InChI is InChI=1S/C24H31ClF3N5O6S/c1-6-32-13-20(21(25)31-32)40(35,36)33-12-17(9-7-15(2)37-14-29-5)38-19-10-8-16(11-18(19)33)30-22(34)39-23(3,4)24(26,27)28/h8,10-11,13,17,29H,2,6-7,9,12,14H2,1,3-5H3,(H,30,34)/t17-/m0/s1. The minimum absolute atomic E-state index is 0.0202. The van der Waals surface area contributed by atoms with Gasteiger partial charge in [0.15, 0.2) is 5.15 Å². The maximum Gasteiger partial charge on any atom is 0.427 e. The molecule has 1 aromatic heterocycles. The normalized spacial score (nSPS) is 15.7. The van der Waals surface area contributed by atoms with Crippen molar-refractivity contribution in [2.24, 2.45) is 0 Å². The number of alkyl halides is 3. The molecule has 0 saturated carbocycles. The Balaban J connectivity index is 1.93. The highest BCUT2D eigenvalue weighted by Gasteiger charge is 2.51. The van der Waals surface area contributed by atoms with Crippen LogP contribution in [0.5, 0.6) is 5.75 Å². The number of nitrogens with zero attached hydrogens (tertiary/aromatic N) is 3. The Morgan fingerprint density at radius 1 is 1.32 bits per heavy atom. The van der Waals surface area contributed by atoms with Crippen LogP contribution in [0.2, 0.25) is 5.15 Å². The number of nitrogens with one attached hydrogen (secondary N) is 2. The predicted molar refractivity (Wildman–Crippen MR) is 142 cm³/mol. The lowest BCUT2D eigenvalue weighted by Crippen LogP contribution is -2.44. The van der Waals surface area contributed by atoms with Crippen molar-refractivity contribution in [3.63, 3.8) is 0 Å². The number of ether oxygens (including phenoxy) is 3.